The molecule has 3 heterocycles. The summed E-state index contributed by atoms with van der Waals surface area (Å²) in [6, 6.07) is 8.70. The maximum absolute atomic E-state index is 13.6. The van der Waals surface area contributed by atoms with Gasteiger partial charge in [-0.05, 0) is 37.4 Å². The van der Waals surface area contributed by atoms with E-state index in [1.54, 1.807) is 51.1 Å². The van der Waals surface area contributed by atoms with Crippen LogP contribution in [0.2, 0.25) is 5.28 Å². The number of nitrogens with two attached hydrogens (primary N) is 1. The van der Waals surface area contributed by atoms with E-state index in [1.165, 1.54) is 24.7 Å². The van der Waals surface area contributed by atoms with E-state index in [9.17, 15) is 19.2 Å². The van der Waals surface area contributed by atoms with Crippen molar-refractivity contribution in [2.75, 3.05) is 25.6 Å². The summed E-state index contributed by atoms with van der Waals surface area (Å²) in [5.41, 5.74) is 2.95. The third kappa shape index (κ3) is 6.76. The molecule has 1 saturated heterocycles. The van der Waals surface area contributed by atoms with Crippen molar-refractivity contribution in [1.82, 2.24) is 19.5 Å². The fraction of sp³-hybridized carbons (Fsp3) is 0.500. The van der Waals surface area contributed by atoms with Crippen LogP contribution in [-0.4, -0.2) is 86.6 Å². The summed E-state index contributed by atoms with van der Waals surface area (Å²) in [6.07, 6.45) is -2.62. The summed E-state index contributed by atoms with van der Waals surface area (Å²) < 4.78 is 36.4. The summed E-state index contributed by atoms with van der Waals surface area (Å²) >= 11 is 6.09. The number of hydrogen-bond donors (Lipinski definition) is 1. The minimum Gasteiger partial charge on any atom is -0.463 e. The molecule has 1 aromatic carbocycles. The smallest absolute Gasteiger partial charge is 0.350 e. The van der Waals surface area contributed by atoms with Crippen molar-refractivity contribution in [3.05, 3.63) is 47.5 Å². The summed E-state index contributed by atoms with van der Waals surface area (Å²) in [4.78, 5) is 64.6. The highest BCUT2D eigenvalue weighted by molar-refractivity contribution is 6.28. The maximum Gasteiger partial charge on any atom is 0.350 e. The van der Waals surface area contributed by atoms with Gasteiger partial charge in [0.2, 0.25) is 5.28 Å². The minimum atomic E-state index is -2.28. The second kappa shape index (κ2) is 14.4. The summed E-state index contributed by atoms with van der Waals surface area (Å²) in [7, 11) is 0. The van der Waals surface area contributed by atoms with Crippen LogP contribution in [0.25, 0.3) is 11.2 Å². The average Bonchev–Trinajstić information content (AvgIpc) is 3.54. The van der Waals surface area contributed by atoms with Gasteiger partial charge in [-0.2, -0.15) is 9.97 Å². The van der Waals surface area contributed by atoms with Crippen molar-refractivity contribution < 1.29 is 47.6 Å². The normalized spacial score (nSPS) is 21.1. The molecule has 0 spiro atoms. The minimum absolute atomic E-state index is 0.00743. The highest BCUT2D eigenvalue weighted by Gasteiger charge is 2.63. The number of aromatic nitrogens is 4. The number of anilines is 1. The van der Waals surface area contributed by atoms with Crippen LogP contribution in [0.4, 0.5) is 5.82 Å². The third-order valence-corrected chi connectivity index (χ3v) is 7.62. The van der Waals surface area contributed by atoms with Crippen LogP contribution in [0.5, 0.6) is 0 Å². The molecule has 3 aromatic rings. The first-order valence-corrected chi connectivity index (χ1v) is 15.0. The van der Waals surface area contributed by atoms with E-state index in [0.717, 1.165) is 0 Å². The molecule has 15 nitrogen and oxygen atoms in total. The van der Waals surface area contributed by atoms with Crippen LogP contribution < -0.4 is 5.73 Å². The zero-order valence-corrected chi connectivity index (χ0v) is 26.8. The number of nitrogen functional groups attached to an aromatic ring is 1. The zero-order chi connectivity index (χ0) is 33.6. The molecule has 0 aliphatic carbocycles. The predicted molar refractivity (Wildman–Crippen MR) is 161 cm³/mol. The Hall–Kier alpha value is -4.34. The summed E-state index contributed by atoms with van der Waals surface area (Å²) in [5, 5.41) is -0.176. The number of carbonyl (C=O) groups excluding carboxylic acids is 4. The van der Waals surface area contributed by atoms with E-state index in [0.29, 0.717) is 5.56 Å². The van der Waals surface area contributed by atoms with E-state index < -0.39 is 60.1 Å². The number of imidazole rings is 1. The molecule has 4 rings (SSSR count). The lowest BCUT2D eigenvalue weighted by Crippen LogP contribution is -2.57. The number of esters is 4. The Labute approximate surface area is 269 Å². The zero-order valence-electron chi connectivity index (χ0n) is 26.1. The van der Waals surface area contributed by atoms with Crippen molar-refractivity contribution in [3.8, 4) is 0 Å². The van der Waals surface area contributed by atoms with Crippen molar-refractivity contribution >= 4 is 52.5 Å². The Morgan fingerprint density at radius 2 is 1.67 bits per heavy atom. The number of carbonyl (C=O) groups is 4. The molecule has 16 heteroatoms. The second-order valence-electron chi connectivity index (χ2n) is 10.4. The molecule has 2 N–H and O–H groups in total. The van der Waals surface area contributed by atoms with Gasteiger partial charge in [0.05, 0.1) is 26.1 Å². The largest absolute Gasteiger partial charge is 0.463 e. The first kappa shape index (κ1) is 34.5. The molecule has 2 aromatic heterocycles. The Morgan fingerprint density at radius 3 is 2.24 bits per heavy atom. The van der Waals surface area contributed by atoms with Gasteiger partial charge in [-0.15, -0.1) is 0 Å². The molecule has 0 amide bonds. The Bertz CT molecular complexity index is 1570. The van der Waals surface area contributed by atoms with Crippen LogP contribution in [0.15, 0.2) is 36.7 Å². The number of nitrogens with zero attached hydrogens (tertiary/aromatic N) is 4. The number of halogens is 1. The van der Waals surface area contributed by atoms with Gasteiger partial charge in [0.1, 0.15) is 11.6 Å². The van der Waals surface area contributed by atoms with Gasteiger partial charge in [-0.3, -0.25) is 14.2 Å². The van der Waals surface area contributed by atoms with Crippen molar-refractivity contribution in [1.29, 1.82) is 0 Å². The van der Waals surface area contributed by atoms with Crippen molar-refractivity contribution in [2.24, 2.45) is 0 Å². The van der Waals surface area contributed by atoms with Gasteiger partial charge in [0, 0.05) is 20.3 Å². The molecule has 0 radical (unpaired) electrons. The molecule has 0 unspecified atom stereocenters. The van der Waals surface area contributed by atoms with Crippen LogP contribution in [0.3, 0.4) is 0 Å². The maximum atomic E-state index is 13.6. The topological polar surface area (TPSA) is 193 Å². The molecule has 1 aliphatic rings. The quantitative estimate of drug-likeness (QED) is 0.122. The van der Waals surface area contributed by atoms with Gasteiger partial charge in [0.15, 0.2) is 29.4 Å². The van der Waals surface area contributed by atoms with Gasteiger partial charge < -0.3 is 34.2 Å². The molecule has 1 fully saturated rings. The fourth-order valence-electron chi connectivity index (χ4n) is 5.49. The monoisotopic (exact) mass is 661 g/mol. The number of fused-ring (bicyclic) bond motifs is 1. The van der Waals surface area contributed by atoms with Gasteiger partial charge >= 0.3 is 23.9 Å². The van der Waals surface area contributed by atoms with Gasteiger partial charge in [0.25, 0.3) is 5.60 Å². The lowest BCUT2D eigenvalue weighted by molar-refractivity contribution is -0.205. The summed E-state index contributed by atoms with van der Waals surface area (Å²) in [5.74, 6) is -3.41. The van der Waals surface area contributed by atoms with E-state index >= 15 is 0 Å². The fourth-order valence-corrected chi connectivity index (χ4v) is 5.66. The van der Waals surface area contributed by atoms with Crippen LogP contribution in [0.1, 0.15) is 52.8 Å². The predicted octanol–water partition coefficient (Wildman–Crippen LogP) is 2.73. The molecular formula is C30H36ClN5O10. The Kier molecular flexibility index (Phi) is 10.8. The molecule has 0 saturated carbocycles. The lowest BCUT2D eigenvalue weighted by atomic mass is 9.88. The Morgan fingerprint density at radius 1 is 1.02 bits per heavy atom. The van der Waals surface area contributed by atoms with E-state index in [4.69, 9.17) is 45.8 Å². The Balaban J connectivity index is 1.84. The number of benzene rings is 1. The SMILES string of the molecule is CCOC(=O)C(Cc1ccccc1)(OC[C@H]1O[C@@H](n2cnc3c(N)nc(Cl)nc32)[C@H](OC(C)=O)[C@]1(CC)OC(C)=O)C(=O)OCC. The van der Waals surface area contributed by atoms with Crippen LogP contribution in [-0.2, 0) is 54.0 Å². The van der Waals surface area contributed by atoms with Crippen LogP contribution in [0, 0.1) is 0 Å². The highest BCUT2D eigenvalue weighted by Crippen LogP contribution is 2.46. The highest BCUT2D eigenvalue weighted by atomic mass is 35.5. The van der Waals surface area contributed by atoms with Crippen molar-refractivity contribution in [3.63, 3.8) is 0 Å². The molecule has 4 atom stereocenters. The standard InChI is InChI=1S/C30H36ClN5O10/c1-6-29(46-18(5)38)20(15-43-30(26(39)41-7-2,27(40)42-8-3)14-19-12-10-9-11-13-19)45-25(22(29)44-17(4)37)36-16-33-21-23(32)34-28(31)35-24(21)36/h9-13,16,20,22,25H,6-8,14-15H2,1-5H3,(H2,32,34,35)/t20-,22+,25-,29-/m1/s1. The number of ether oxygens (including phenoxy) is 6. The molecular weight excluding hydrogens is 626 g/mol. The third-order valence-electron chi connectivity index (χ3n) is 7.45. The first-order chi connectivity index (χ1) is 21.9. The first-order valence-electron chi connectivity index (χ1n) is 14.6. The number of hydrogen-bond acceptors (Lipinski definition) is 14. The van der Waals surface area contributed by atoms with E-state index in [-0.39, 0.29) is 48.3 Å². The van der Waals surface area contributed by atoms with Crippen LogP contribution >= 0.6 is 11.6 Å². The number of rotatable bonds is 13. The summed E-state index contributed by atoms with van der Waals surface area (Å²) in [6.45, 7) is 6.61. The molecule has 0 bridgehead atoms. The second-order valence-corrected chi connectivity index (χ2v) is 10.7. The molecule has 46 heavy (non-hydrogen) atoms. The van der Waals surface area contributed by atoms with Crippen molar-refractivity contribution in [2.45, 2.75) is 77.1 Å². The molecule has 1 aliphatic heterocycles. The van der Waals surface area contributed by atoms with Gasteiger partial charge in [-0.1, -0.05) is 37.3 Å². The van der Waals surface area contributed by atoms with E-state index in [2.05, 4.69) is 15.0 Å². The average molecular weight is 662 g/mol. The van der Waals surface area contributed by atoms with E-state index in [1.807, 2.05) is 0 Å². The lowest BCUT2D eigenvalue weighted by Gasteiger charge is -2.37. The molecule has 248 valence electrons. The van der Waals surface area contributed by atoms with Gasteiger partial charge in [-0.25, -0.2) is 14.6 Å².